The van der Waals surface area contributed by atoms with E-state index in [-0.39, 0.29) is 0 Å². The lowest BCUT2D eigenvalue weighted by molar-refractivity contribution is 0.256. The Labute approximate surface area is 233 Å². The summed E-state index contributed by atoms with van der Waals surface area (Å²) in [5.41, 5.74) is 16.6. The number of amides is 2. The molecule has 7 heteroatoms. The summed E-state index contributed by atoms with van der Waals surface area (Å²) in [5, 5.41) is 0. The fraction of sp³-hybridized carbons (Fsp3) is 0.182. The van der Waals surface area contributed by atoms with Crippen LogP contribution in [0.25, 0.3) is 0 Å². The lowest BCUT2D eigenvalue weighted by atomic mass is 9.98. The Bertz CT molecular complexity index is 1580. The number of rotatable bonds is 8. The van der Waals surface area contributed by atoms with Crippen LogP contribution in [0.5, 0.6) is 0 Å². The van der Waals surface area contributed by atoms with Crippen molar-refractivity contribution in [3.05, 3.63) is 117 Å². The zero-order valence-electron chi connectivity index (χ0n) is 23.0. The van der Waals surface area contributed by atoms with Gasteiger partial charge >= 0.3 is 6.03 Å². The molecule has 0 radical (unpaired) electrons. The summed E-state index contributed by atoms with van der Waals surface area (Å²) in [4.78, 5) is 42.8. The smallest absolute Gasteiger partial charge is 0.323 e. The Balaban J connectivity index is 1.57. The molecule has 0 heterocycles. The van der Waals surface area contributed by atoms with Gasteiger partial charge in [0.2, 0.25) is 12.2 Å². The number of hydrogen-bond donors (Lipinski definition) is 1. The molecule has 0 aliphatic rings. The van der Waals surface area contributed by atoms with Crippen LogP contribution in [-0.4, -0.2) is 18.2 Å². The Morgan fingerprint density at radius 3 is 1.27 bits per heavy atom. The van der Waals surface area contributed by atoms with Crippen LogP contribution < -0.4 is 10.6 Å². The van der Waals surface area contributed by atoms with E-state index < -0.39 is 6.03 Å². The Hall–Kier alpha value is -5.09. The van der Waals surface area contributed by atoms with Crippen molar-refractivity contribution in [2.75, 3.05) is 4.90 Å². The van der Waals surface area contributed by atoms with Crippen LogP contribution in [0, 0.1) is 27.7 Å². The molecule has 0 saturated carbocycles. The van der Waals surface area contributed by atoms with E-state index in [0.29, 0.717) is 24.2 Å². The molecule has 7 nitrogen and oxygen atoms in total. The van der Waals surface area contributed by atoms with Crippen LogP contribution in [0.4, 0.5) is 27.5 Å². The predicted molar refractivity (Wildman–Crippen MR) is 158 cm³/mol. The lowest BCUT2D eigenvalue weighted by Crippen LogP contribution is -2.32. The molecule has 4 aromatic rings. The van der Waals surface area contributed by atoms with Crippen LogP contribution >= 0.6 is 0 Å². The fourth-order valence-corrected chi connectivity index (χ4v) is 5.00. The summed E-state index contributed by atoms with van der Waals surface area (Å²) < 4.78 is 0. The van der Waals surface area contributed by atoms with Gasteiger partial charge in [0.15, 0.2) is 0 Å². The van der Waals surface area contributed by atoms with Gasteiger partial charge in [-0.1, -0.05) is 48.5 Å². The van der Waals surface area contributed by atoms with Gasteiger partial charge in [0.1, 0.15) is 0 Å². The molecule has 0 aliphatic carbocycles. The van der Waals surface area contributed by atoms with Crippen molar-refractivity contribution in [1.82, 2.24) is 0 Å². The van der Waals surface area contributed by atoms with E-state index in [1.54, 1.807) is 17.1 Å². The fourth-order valence-electron chi connectivity index (χ4n) is 5.00. The minimum Gasteiger partial charge on any atom is -0.351 e. The molecule has 4 rings (SSSR count). The second-order valence-corrected chi connectivity index (χ2v) is 9.92. The summed E-state index contributed by atoms with van der Waals surface area (Å²) in [6, 6.07) is 22.9. The predicted octanol–water partition coefficient (Wildman–Crippen LogP) is 7.25. The molecular formula is C33H30N4O3. The molecule has 0 saturated heterocycles. The van der Waals surface area contributed by atoms with Gasteiger partial charge in [-0.15, -0.1) is 0 Å². The van der Waals surface area contributed by atoms with E-state index >= 15 is 0 Å². The van der Waals surface area contributed by atoms with E-state index in [0.717, 1.165) is 55.9 Å². The van der Waals surface area contributed by atoms with Crippen LogP contribution in [0.1, 0.15) is 44.5 Å². The van der Waals surface area contributed by atoms with Crippen molar-refractivity contribution in [3.8, 4) is 0 Å². The molecule has 0 fully saturated rings. The molecule has 0 bridgehead atoms. The zero-order chi connectivity index (χ0) is 28.8. The van der Waals surface area contributed by atoms with Crippen molar-refractivity contribution in [2.24, 2.45) is 15.7 Å². The van der Waals surface area contributed by atoms with Gasteiger partial charge in [-0.3, -0.25) is 4.90 Å². The number of nitrogens with two attached hydrogens (primary N) is 1. The molecule has 200 valence electrons. The van der Waals surface area contributed by atoms with Crippen molar-refractivity contribution in [3.63, 3.8) is 0 Å². The number of aryl methyl sites for hydroxylation is 4. The van der Waals surface area contributed by atoms with Crippen LogP contribution in [0.3, 0.4) is 0 Å². The van der Waals surface area contributed by atoms with Gasteiger partial charge in [0, 0.05) is 0 Å². The van der Waals surface area contributed by atoms with Crippen LogP contribution in [0.2, 0.25) is 0 Å². The summed E-state index contributed by atoms with van der Waals surface area (Å²) in [5.74, 6) is 0. The van der Waals surface area contributed by atoms with E-state index in [2.05, 4.69) is 22.1 Å². The summed E-state index contributed by atoms with van der Waals surface area (Å²) >= 11 is 0. The molecule has 0 aliphatic heterocycles. The van der Waals surface area contributed by atoms with E-state index in [9.17, 15) is 14.4 Å². The number of urea groups is 1. The third kappa shape index (κ3) is 6.30. The van der Waals surface area contributed by atoms with Gasteiger partial charge in [-0.25, -0.2) is 14.4 Å². The number of benzene rings is 4. The summed E-state index contributed by atoms with van der Waals surface area (Å²) in [6.45, 7) is 7.75. The van der Waals surface area contributed by atoms with Gasteiger partial charge in [0.25, 0.3) is 0 Å². The topological polar surface area (TPSA) is 105 Å². The highest BCUT2D eigenvalue weighted by Gasteiger charge is 2.20. The number of primary amides is 1. The van der Waals surface area contributed by atoms with Crippen molar-refractivity contribution < 1.29 is 14.4 Å². The summed E-state index contributed by atoms with van der Waals surface area (Å²) in [7, 11) is 0. The number of anilines is 2. The third-order valence-electron chi connectivity index (χ3n) is 6.90. The first-order chi connectivity index (χ1) is 19.2. The Morgan fingerprint density at radius 2 is 0.975 bits per heavy atom. The molecule has 40 heavy (non-hydrogen) atoms. The molecule has 0 aromatic heterocycles. The first-order valence-electron chi connectivity index (χ1n) is 12.8. The standard InChI is InChI=1S/C33H30N4O3/c1-21-13-25(5-9-29(21)35-19-38)17-27-7-11-31(23(3)15-27)37(33(34)40)32-12-8-28(16-24(32)4)18-26-6-10-30(36-20-39)22(2)14-26/h5-16H,17-18H2,1-4H3,(H2,34,40). The highest BCUT2D eigenvalue weighted by atomic mass is 16.2. The van der Waals surface area contributed by atoms with E-state index in [1.807, 2.05) is 88.4 Å². The quantitative estimate of drug-likeness (QED) is 0.191. The molecule has 0 unspecified atom stereocenters. The number of nitrogens with zero attached hydrogens (tertiary/aromatic N) is 3. The molecule has 2 amide bonds. The van der Waals surface area contributed by atoms with Gasteiger partial charge in [0.05, 0.1) is 22.7 Å². The third-order valence-corrected chi connectivity index (χ3v) is 6.90. The molecule has 0 spiro atoms. The first-order valence-corrected chi connectivity index (χ1v) is 12.8. The molecule has 0 atom stereocenters. The number of carbonyl (C=O) groups is 1. The monoisotopic (exact) mass is 530 g/mol. The van der Waals surface area contributed by atoms with Crippen LogP contribution in [-0.2, 0) is 22.4 Å². The second-order valence-electron chi connectivity index (χ2n) is 9.92. The maximum absolute atomic E-state index is 12.7. The number of aliphatic imine (C=N–C) groups is 2. The minimum absolute atomic E-state index is 0.560. The second kappa shape index (κ2) is 12.2. The van der Waals surface area contributed by atoms with E-state index in [1.165, 1.54) is 0 Å². The zero-order valence-corrected chi connectivity index (χ0v) is 23.0. The first kappa shape index (κ1) is 27.9. The number of isocyanates is 2. The molecule has 2 N–H and O–H groups in total. The van der Waals surface area contributed by atoms with Gasteiger partial charge < -0.3 is 5.73 Å². The summed E-state index contributed by atoms with van der Waals surface area (Å²) in [6.07, 6.45) is 4.56. The lowest BCUT2D eigenvalue weighted by Gasteiger charge is -2.25. The SMILES string of the molecule is Cc1cc(Cc2ccc(N(C(N)=O)c3ccc(Cc4ccc(N=C=O)c(C)c4)cc3C)c(C)c2)ccc1N=C=O. The van der Waals surface area contributed by atoms with E-state index in [4.69, 9.17) is 5.73 Å². The normalized spacial score (nSPS) is 10.4. The molecular weight excluding hydrogens is 500 g/mol. The number of hydrogen-bond acceptors (Lipinski definition) is 5. The Morgan fingerprint density at radius 1 is 0.625 bits per heavy atom. The number of carbonyl (C=O) groups excluding carboxylic acids is 3. The van der Waals surface area contributed by atoms with Crippen LogP contribution in [0.15, 0.2) is 82.8 Å². The minimum atomic E-state index is -0.560. The highest BCUT2D eigenvalue weighted by molar-refractivity contribution is 6.00. The van der Waals surface area contributed by atoms with Crippen molar-refractivity contribution in [2.45, 2.75) is 40.5 Å². The average Bonchev–Trinajstić information content (AvgIpc) is 2.90. The van der Waals surface area contributed by atoms with Crippen molar-refractivity contribution >= 4 is 40.9 Å². The van der Waals surface area contributed by atoms with Gasteiger partial charge in [-0.2, -0.15) is 9.98 Å². The maximum atomic E-state index is 12.7. The largest absolute Gasteiger partial charge is 0.351 e. The average molecular weight is 531 g/mol. The molecule has 4 aromatic carbocycles. The Kier molecular flexibility index (Phi) is 8.51. The maximum Gasteiger partial charge on any atom is 0.323 e. The van der Waals surface area contributed by atoms with Gasteiger partial charge in [-0.05, 0) is 109 Å². The van der Waals surface area contributed by atoms with Crippen molar-refractivity contribution in [1.29, 1.82) is 0 Å². The highest BCUT2D eigenvalue weighted by Crippen LogP contribution is 2.33.